The van der Waals surface area contributed by atoms with Gasteiger partial charge in [-0.2, -0.15) is 0 Å². The SMILES string of the molecule is C=C(C)C(=O)Oc1cc(C)c2c(c1C)COC2=O. The van der Waals surface area contributed by atoms with Crippen molar-refractivity contribution < 1.29 is 19.1 Å². The Balaban J connectivity index is 2.46. The van der Waals surface area contributed by atoms with E-state index in [-0.39, 0.29) is 12.6 Å². The lowest BCUT2D eigenvalue weighted by Gasteiger charge is -2.11. The van der Waals surface area contributed by atoms with Gasteiger partial charge in [0.15, 0.2) is 0 Å². The fourth-order valence-electron chi connectivity index (χ4n) is 1.92. The highest BCUT2D eigenvalue weighted by Gasteiger charge is 2.27. The molecule has 0 spiro atoms. The Hall–Kier alpha value is -2.10. The molecule has 0 aliphatic carbocycles. The first-order valence-electron chi connectivity index (χ1n) is 5.59. The van der Waals surface area contributed by atoms with Crippen molar-refractivity contribution in [3.63, 3.8) is 0 Å². The van der Waals surface area contributed by atoms with Gasteiger partial charge in [-0.15, -0.1) is 0 Å². The number of esters is 2. The average Bonchev–Trinajstić information content (AvgIpc) is 2.68. The molecule has 1 aromatic rings. The predicted molar refractivity (Wildman–Crippen MR) is 65.5 cm³/mol. The van der Waals surface area contributed by atoms with Gasteiger partial charge in [-0.05, 0) is 38.0 Å². The molecule has 0 radical (unpaired) electrons. The highest BCUT2D eigenvalue weighted by atomic mass is 16.5. The van der Waals surface area contributed by atoms with Crippen molar-refractivity contribution in [3.8, 4) is 5.75 Å². The van der Waals surface area contributed by atoms with Crippen LogP contribution in [0, 0.1) is 13.8 Å². The number of cyclic esters (lactones) is 1. The molecule has 0 aromatic heterocycles. The second-order valence-corrected chi connectivity index (χ2v) is 4.42. The molecule has 1 heterocycles. The third-order valence-electron chi connectivity index (χ3n) is 2.97. The Kier molecular flexibility index (Phi) is 2.95. The van der Waals surface area contributed by atoms with Gasteiger partial charge in [-0.1, -0.05) is 6.58 Å². The molecule has 0 amide bonds. The van der Waals surface area contributed by atoms with Crippen molar-refractivity contribution in [2.45, 2.75) is 27.4 Å². The summed E-state index contributed by atoms with van der Waals surface area (Å²) in [5, 5.41) is 0. The summed E-state index contributed by atoms with van der Waals surface area (Å²) in [6.45, 7) is 8.96. The van der Waals surface area contributed by atoms with Crippen LogP contribution in [0.5, 0.6) is 5.75 Å². The molecule has 0 N–H and O–H groups in total. The quantitative estimate of drug-likeness (QED) is 0.457. The van der Waals surface area contributed by atoms with E-state index in [9.17, 15) is 9.59 Å². The zero-order valence-electron chi connectivity index (χ0n) is 10.6. The number of fused-ring (bicyclic) bond motifs is 1. The lowest BCUT2D eigenvalue weighted by atomic mass is 9.98. The van der Waals surface area contributed by atoms with Crippen LogP contribution in [0.15, 0.2) is 18.2 Å². The van der Waals surface area contributed by atoms with Crippen LogP contribution < -0.4 is 4.74 Å². The fraction of sp³-hybridized carbons (Fsp3) is 0.286. The molecule has 4 nitrogen and oxygen atoms in total. The monoisotopic (exact) mass is 246 g/mol. The molecule has 18 heavy (non-hydrogen) atoms. The van der Waals surface area contributed by atoms with Crippen LogP contribution in [-0.4, -0.2) is 11.9 Å². The van der Waals surface area contributed by atoms with Crippen molar-refractivity contribution in [1.29, 1.82) is 0 Å². The molecule has 0 bridgehead atoms. The summed E-state index contributed by atoms with van der Waals surface area (Å²) < 4.78 is 10.2. The Morgan fingerprint density at radius 3 is 2.72 bits per heavy atom. The first-order valence-corrected chi connectivity index (χ1v) is 5.59. The van der Waals surface area contributed by atoms with Gasteiger partial charge in [0.2, 0.25) is 0 Å². The van der Waals surface area contributed by atoms with E-state index in [0.717, 1.165) is 16.7 Å². The summed E-state index contributed by atoms with van der Waals surface area (Å²) in [6, 6.07) is 1.68. The second-order valence-electron chi connectivity index (χ2n) is 4.42. The molecule has 0 fully saturated rings. The lowest BCUT2D eigenvalue weighted by Crippen LogP contribution is -2.10. The maximum atomic E-state index is 11.5. The smallest absolute Gasteiger partial charge is 0.339 e. The van der Waals surface area contributed by atoms with E-state index in [0.29, 0.717) is 16.9 Å². The van der Waals surface area contributed by atoms with E-state index in [1.165, 1.54) is 0 Å². The number of hydrogen-bond donors (Lipinski definition) is 0. The third kappa shape index (κ3) is 1.90. The van der Waals surface area contributed by atoms with Crippen LogP contribution in [0.2, 0.25) is 0 Å². The van der Waals surface area contributed by atoms with Crippen LogP contribution in [-0.2, 0) is 16.1 Å². The Bertz CT molecular complexity index is 570. The molecule has 0 saturated heterocycles. The number of hydrogen-bond acceptors (Lipinski definition) is 4. The van der Waals surface area contributed by atoms with Gasteiger partial charge < -0.3 is 9.47 Å². The molecular formula is C14H14O4. The highest BCUT2D eigenvalue weighted by Crippen LogP contribution is 2.33. The van der Waals surface area contributed by atoms with Gasteiger partial charge in [0.05, 0.1) is 5.56 Å². The number of aryl methyl sites for hydroxylation is 1. The minimum atomic E-state index is -0.470. The molecular weight excluding hydrogens is 232 g/mol. The van der Waals surface area contributed by atoms with E-state index in [4.69, 9.17) is 9.47 Å². The maximum absolute atomic E-state index is 11.5. The average molecular weight is 246 g/mol. The van der Waals surface area contributed by atoms with Crippen LogP contribution in [0.25, 0.3) is 0 Å². The van der Waals surface area contributed by atoms with Crippen molar-refractivity contribution >= 4 is 11.9 Å². The highest BCUT2D eigenvalue weighted by molar-refractivity contribution is 5.96. The van der Waals surface area contributed by atoms with Crippen molar-refractivity contribution in [3.05, 3.63) is 40.5 Å². The normalized spacial score (nSPS) is 12.9. The fourth-order valence-corrected chi connectivity index (χ4v) is 1.92. The number of benzene rings is 1. The molecule has 94 valence electrons. The Morgan fingerprint density at radius 1 is 1.44 bits per heavy atom. The summed E-state index contributed by atoms with van der Waals surface area (Å²) in [7, 11) is 0. The minimum Gasteiger partial charge on any atom is -0.457 e. The van der Waals surface area contributed by atoms with Gasteiger partial charge >= 0.3 is 11.9 Å². The van der Waals surface area contributed by atoms with E-state index < -0.39 is 5.97 Å². The van der Waals surface area contributed by atoms with Gasteiger partial charge in [-0.3, -0.25) is 0 Å². The second kappa shape index (κ2) is 4.29. The molecule has 4 heteroatoms. The van der Waals surface area contributed by atoms with Crippen LogP contribution in [0.3, 0.4) is 0 Å². The lowest BCUT2D eigenvalue weighted by molar-refractivity contribution is -0.130. The Morgan fingerprint density at radius 2 is 2.11 bits per heavy atom. The van der Waals surface area contributed by atoms with Gasteiger partial charge in [-0.25, -0.2) is 9.59 Å². The summed E-state index contributed by atoms with van der Waals surface area (Å²) in [4.78, 5) is 23.1. The summed E-state index contributed by atoms with van der Waals surface area (Å²) in [5.74, 6) is -0.330. The van der Waals surface area contributed by atoms with E-state index in [1.807, 2.05) is 0 Å². The number of carbonyl (C=O) groups is 2. The van der Waals surface area contributed by atoms with E-state index >= 15 is 0 Å². The number of ether oxygens (including phenoxy) is 2. The topological polar surface area (TPSA) is 52.6 Å². The van der Waals surface area contributed by atoms with E-state index in [1.54, 1.807) is 26.8 Å². The first kappa shape index (κ1) is 12.4. The van der Waals surface area contributed by atoms with Crippen molar-refractivity contribution in [2.75, 3.05) is 0 Å². The van der Waals surface area contributed by atoms with Crippen LogP contribution >= 0.6 is 0 Å². The molecule has 0 unspecified atom stereocenters. The summed E-state index contributed by atoms with van der Waals surface area (Å²) in [6.07, 6.45) is 0. The summed E-state index contributed by atoms with van der Waals surface area (Å²) >= 11 is 0. The predicted octanol–water partition coefficient (Wildman–Crippen LogP) is 2.46. The molecule has 0 atom stereocenters. The first-order chi connectivity index (χ1) is 8.41. The summed E-state index contributed by atoms with van der Waals surface area (Å²) in [5.41, 5.74) is 3.23. The van der Waals surface area contributed by atoms with E-state index in [2.05, 4.69) is 6.58 Å². The number of rotatable bonds is 2. The standard InChI is InChI=1S/C14H14O4/c1-7(2)13(15)18-11-5-8(3)12-10(9(11)4)6-17-14(12)16/h5H,1,6H2,2-4H3. The molecule has 1 aliphatic rings. The van der Waals surface area contributed by atoms with Crippen LogP contribution in [0.1, 0.15) is 34.0 Å². The largest absolute Gasteiger partial charge is 0.457 e. The van der Waals surface area contributed by atoms with Gasteiger partial charge in [0, 0.05) is 11.1 Å². The van der Waals surface area contributed by atoms with Gasteiger partial charge in [0.1, 0.15) is 12.4 Å². The molecule has 0 saturated carbocycles. The molecule has 1 aliphatic heterocycles. The maximum Gasteiger partial charge on any atom is 0.339 e. The third-order valence-corrected chi connectivity index (χ3v) is 2.97. The zero-order valence-corrected chi connectivity index (χ0v) is 10.6. The minimum absolute atomic E-state index is 0.235. The molecule has 1 aromatic carbocycles. The number of carbonyl (C=O) groups excluding carboxylic acids is 2. The zero-order chi connectivity index (χ0) is 13.4. The molecule has 2 rings (SSSR count). The van der Waals surface area contributed by atoms with Gasteiger partial charge in [0.25, 0.3) is 0 Å². The van der Waals surface area contributed by atoms with Crippen molar-refractivity contribution in [2.24, 2.45) is 0 Å². The Labute approximate surface area is 105 Å². The van der Waals surface area contributed by atoms with Crippen LogP contribution in [0.4, 0.5) is 0 Å². The van der Waals surface area contributed by atoms with Crippen molar-refractivity contribution in [1.82, 2.24) is 0 Å².